The van der Waals surface area contributed by atoms with Crippen LogP contribution in [-0.2, 0) is 0 Å². The van der Waals surface area contributed by atoms with E-state index >= 15 is 0 Å². The van der Waals surface area contributed by atoms with Crippen LogP contribution in [0.4, 0.5) is 4.39 Å². The van der Waals surface area contributed by atoms with Crippen molar-refractivity contribution in [3.63, 3.8) is 0 Å². The number of para-hydroxylation sites is 1. The molecule has 6 rings (SSSR count). The highest BCUT2D eigenvalue weighted by molar-refractivity contribution is 7.99. The number of rotatable bonds is 7. The van der Waals surface area contributed by atoms with Crippen molar-refractivity contribution in [1.29, 1.82) is 0 Å². The molecule has 7 nitrogen and oxygen atoms in total. The van der Waals surface area contributed by atoms with E-state index in [9.17, 15) is 18.8 Å². The van der Waals surface area contributed by atoms with Gasteiger partial charge in [0.15, 0.2) is 10.9 Å². The minimum absolute atomic E-state index is 0.0109. The van der Waals surface area contributed by atoms with E-state index in [2.05, 4.69) is 10.3 Å². The number of Topliss-reactive ketones (excluding diaryl/α,β-unsaturated/α-hetero) is 1. The second-order valence-corrected chi connectivity index (χ2v) is 10.6. The van der Waals surface area contributed by atoms with Crippen molar-refractivity contribution in [2.45, 2.75) is 36.9 Å². The van der Waals surface area contributed by atoms with Crippen molar-refractivity contribution in [2.75, 3.05) is 5.75 Å². The van der Waals surface area contributed by atoms with Gasteiger partial charge in [-0.15, -0.1) is 0 Å². The molecule has 0 radical (unpaired) electrons. The topological polar surface area (TPSA) is 96.9 Å². The zero-order valence-electron chi connectivity index (χ0n) is 20.9. The minimum Gasteiger partial charge on any atom is -0.360 e. The molecule has 1 saturated carbocycles. The van der Waals surface area contributed by atoms with Crippen molar-refractivity contribution >= 4 is 45.3 Å². The summed E-state index contributed by atoms with van der Waals surface area (Å²) in [4.78, 5) is 47.5. The summed E-state index contributed by atoms with van der Waals surface area (Å²) in [5.74, 6) is -0.827. The fourth-order valence-corrected chi connectivity index (χ4v) is 5.99. The van der Waals surface area contributed by atoms with E-state index in [1.165, 1.54) is 22.8 Å². The highest BCUT2D eigenvalue weighted by atomic mass is 32.2. The third-order valence-corrected chi connectivity index (χ3v) is 8.02. The summed E-state index contributed by atoms with van der Waals surface area (Å²) in [6.07, 6.45) is 5.79. The molecular formula is C30H25FN4O3S. The number of hydrogen-bond donors (Lipinski definition) is 2. The van der Waals surface area contributed by atoms with Gasteiger partial charge in [-0.25, -0.2) is 9.37 Å². The van der Waals surface area contributed by atoms with Gasteiger partial charge in [-0.3, -0.25) is 19.0 Å². The molecule has 0 saturated heterocycles. The lowest BCUT2D eigenvalue weighted by Crippen LogP contribution is -2.32. The molecule has 2 N–H and O–H groups in total. The van der Waals surface area contributed by atoms with E-state index in [4.69, 9.17) is 4.98 Å². The van der Waals surface area contributed by atoms with E-state index in [0.717, 1.165) is 48.3 Å². The molecule has 0 aliphatic heterocycles. The standard InChI is InChI=1S/C30H25FN4O3S/c31-19-6-5-9-21(15-19)35-29(38)23-13-12-18(28(37)33-20-7-1-2-8-20)14-26(23)34-30(35)39-17-27(36)24-16-32-25-11-4-3-10-22(24)25/h3-6,9-16,20,32H,1-2,7-8,17H2,(H,33,37). The van der Waals surface area contributed by atoms with Crippen LogP contribution in [-0.4, -0.2) is 38.0 Å². The summed E-state index contributed by atoms with van der Waals surface area (Å²) >= 11 is 1.10. The Labute approximate surface area is 227 Å². The molecule has 2 aromatic heterocycles. The number of thioether (sulfide) groups is 1. The van der Waals surface area contributed by atoms with Crippen LogP contribution in [0, 0.1) is 5.82 Å². The summed E-state index contributed by atoms with van der Waals surface area (Å²) in [5, 5.41) is 4.40. The molecule has 3 aromatic carbocycles. The number of nitrogens with zero attached hydrogens (tertiary/aromatic N) is 2. The fourth-order valence-electron chi connectivity index (χ4n) is 5.10. The van der Waals surface area contributed by atoms with Gasteiger partial charge in [0.05, 0.1) is 22.3 Å². The lowest BCUT2D eigenvalue weighted by Gasteiger charge is -2.15. The van der Waals surface area contributed by atoms with Crippen molar-refractivity contribution < 1.29 is 14.0 Å². The highest BCUT2D eigenvalue weighted by Crippen LogP contribution is 2.26. The molecule has 2 heterocycles. The maximum atomic E-state index is 14.1. The first-order chi connectivity index (χ1) is 19.0. The first-order valence-corrected chi connectivity index (χ1v) is 13.8. The van der Waals surface area contributed by atoms with E-state index in [0.29, 0.717) is 27.7 Å². The first kappa shape index (κ1) is 25.1. The molecule has 196 valence electrons. The van der Waals surface area contributed by atoms with Gasteiger partial charge in [0.2, 0.25) is 0 Å². The molecule has 0 unspecified atom stereocenters. The third kappa shape index (κ3) is 4.97. The Hall–Kier alpha value is -4.24. The zero-order valence-corrected chi connectivity index (χ0v) is 21.8. The van der Waals surface area contributed by atoms with Crippen LogP contribution in [0.25, 0.3) is 27.5 Å². The van der Waals surface area contributed by atoms with Crippen molar-refractivity contribution in [3.8, 4) is 5.69 Å². The van der Waals surface area contributed by atoms with E-state index in [-0.39, 0.29) is 28.6 Å². The van der Waals surface area contributed by atoms with Gasteiger partial charge in [-0.1, -0.05) is 48.9 Å². The van der Waals surface area contributed by atoms with Gasteiger partial charge >= 0.3 is 0 Å². The monoisotopic (exact) mass is 540 g/mol. The van der Waals surface area contributed by atoms with Gasteiger partial charge in [0.1, 0.15) is 5.82 Å². The number of ketones is 1. The number of benzene rings is 3. The van der Waals surface area contributed by atoms with Crippen LogP contribution in [0.15, 0.2) is 82.9 Å². The Morgan fingerprint density at radius 1 is 1.03 bits per heavy atom. The Bertz CT molecular complexity index is 1790. The molecule has 1 aliphatic carbocycles. The van der Waals surface area contributed by atoms with Gasteiger partial charge in [-0.2, -0.15) is 0 Å². The molecule has 0 bridgehead atoms. The van der Waals surface area contributed by atoms with Crippen molar-refractivity contribution in [3.05, 3.63) is 100 Å². The average Bonchev–Trinajstić information content (AvgIpc) is 3.61. The summed E-state index contributed by atoms with van der Waals surface area (Å²) in [5.41, 5.74) is 2.05. The zero-order chi connectivity index (χ0) is 26.9. The number of halogens is 1. The average molecular weight is 541 g/mol. The SMILES string of the molecule is O=C(NC1CCCC1)c1ccc2c(=O)n(-c3cccc(F)c3)c(SCC(=O)c3c[nH]c4ccccc34)nc2c1. The summed E-state index contributed by atoms with van der Waals surface area (Å²) < 4.78 is 15.5. The van der Waals surface area contributed by atoms with E-state index in [1.54, 1.807) is 30.5 Å². The lowest BCUT2D eigenvalue weighted by molar-refractivity contribution is 0.0937. The number of H-pyrrole nitrogens is 1. The van der Waals surface area contributed by atoms with Crippen molar-refractivity contribution in [2.24, 2.45) is 0 Å². The first-order valence-electron chi connectivity index (χ1n) is 12.8. The number of nitrogens with one attached hydrogen (secondary N) is 2. The third-order valence-electron chi connectivity index (χ3n) is 7.08. The van der Waals surface area contributed by atoms with E-state index in [1.807, 2.05) is 24.3 Å². The second kappa shape index (κ2) is 10.5. The van der Waals surface area contributed by atoms with Crippen LogP contribution in [0.1, 0.15) is 46.4 Å². The van der Waals surface area contributed by atoms with Crippen LogP contribution in [0.5, 0.6) is 0 Å². The number of hydrogen-bond acceptors (Lipinski definition) is 5. The summed E-state index contributed by atoms with van der Waals surface area (Å²) in [7, 11) is 0. The Kier molecular flexibility index (Phi) is 6.74. The molecular weight excluding hydrogens is 515 g/mol. The number of carbonyl (C=O) groups is 2. The number of aromatic nitrogens is 3. The molecule has 1 aliphatic rings. The van der Waals surface area contributed by atoms with Crippen molar-refractivity contribution in [1.82, 2.24) is 19.9 Å². The Morgan fingerprint density at radius 2 is 1.85 bits per heavy atom. The van der Waals surface area contributed by atoms with Crippen LogP contribution < -0.4 is 10.9 Å². The Morgan fingerprint density at radius 3 is 2.67 bits per heavy atom. The number of aromatic amines is 1. The van der Waals surface area contributed by atoms with Crippen LogP contribution in [0.2, 0.25) is 0 Å². The summed E-state index contributed by atoms with van der Waals surface area (Å²) in [6, 6.07) is 18.2. The molecule has 9 heteroatoms. The van der Waals surface area contributed by atoms with E-state index < -0.39 is 11.4 Å². The number of amides is 1. The van der Waals surface area contributed by atoms with Crippen LogP contribution in [0.3, 0.4) is 0 Å². The molecule has 5 aromatic rings. The summed E-state index contributed by atoms with van der Waals surface area (Å²) in [6.45, 7) is 0. The fraction of sp³-hybridized carbons (Fsp3) is 0.200. The highest BCUT2D eigenvalue weighted by Gasteiger charge is 2.21. The normalized spacial score (nSPS) is 13.8. The largest absolute Gasteiger partial charge is 0.360 e. The van der Waals surface area contributed by atoms with Gasteiger partial charge in [0, 0.05) is 34.3 Å². The maximum absolute atomic E-state index is 14.1. The quantitative estimate of drug-likeness (QED) is 0.158. The molecule has 1 amide bonds. The lowest BCUT2D eigenvalue weighted by atomic mass is 10.1. The minimum atomic E-state index is -0.496. The van der Waals surface area contributed by atoms with Gasteiger partial charge in [-0.05, 0) is 55.3 Å². The smallest absolute Gasteiger partial charge is 0.266 e. The molecule has 0 atom stereocenters. The molecule has 0 spiro atoms. The predicted octanol–water partition coefficient (Wildman–Crippen LogP) is 5.65. The second-order valence-electron chi connectivity index (χ2n) is 9.66. The maximum Gasteiger partial charge on any atom is 0.266 e. The Balaban J connectivity index is 1.38. The number of fused-ring (bicyclic) bond motifs is 2. The number of carbonyl (C=O) groups excluding carboxylic acids is 2. The van der Waals surface area contributed by atoms with Gasteiger partial charge in [0.25, 0.3) is 11.5 Å². The predicted molar refractivity (Wildman–Crippen MR) is 150 cm³/mol. The van der Waals surface area contributed by atoms with Crippen LogP contribution >= 0.6 is 11.8 Å². The molecule has 39 heavy (non-hydrogen) atoms. The molecule has 1 fully saturated rings. The van der Waals surface area contributed by atoms with Gasteiger partial charge < -0.3 is 10.3 Å².